The Bertz CT molecular complexity index is 222. The van der Waals surface area contributed by atoms with Crippen LogP contribution < -0.4 is 0 Å². The lowest BCUT2D eigenvalue weighted by molar-refractivity contribution is 0.638. The van der Waals surface area contributed by atoms with E-state index in [0.29, 0.717) is 0 Å². The first kappa shape index (κ1) is 14.5. The van der Waals surface area contributed by atoms with Crippen molar-refractivity contribution in [2.24, 2.45) is 0 Å². The Morgan fingerprint density at radius 2 is 1.76 bits per heavy atom. The summed E-state index contributed by atoms with van der Waals surface area (Å²) in [4.78, 5) is 0. The molecule has 0 aliphatic heterocycles. The van der Waals surface area contributed by atoms with Crippen molar-refractivity contribution in [1.29, 1.82) is 0 Å². The molecule has 0 atom stereocenters. The Morgan fingerprint density at radius 1 is 1.00 bits per heavy atom. The van der Waals surface area contributed by atoms with Gasteiger partial charge in [0, 0.05) is 0 Å². The van der Waals surface area contributed by atoms with Crippen LogP contribution in [0.25, 0.3) is 0 Å². The maximum Gasteiger partial charge on any atom is -0.0317 e. The van der Waals surface area contributed by atoms with Crippen molar-refractivity contribution in [1.82, 2.24) is 0 Å². The molecule has 0 aromatic heterocycles. The largest absolute Gasteiger partial charge is 0.0885 e. The monoisotopic (exact) mass is 233 g/mol. The van der Waals surface area contributed by atoms with Crippen molar-refractivity contribution in [3.05, 3.63) is 30.7 Å². The van der Waals surface area contributed by atoms with E-state index in [1.54, 1.807) is 5.57 Å². The predicted octanol–water partition coefficient (Wildman–Crippen LogP) is 6.00. The highest BCUT2D eigenvalue weighted by molar-refractivity contribution is 5.06. The second kappa shape index (κ2) is 10.6. The third kappa shape index (κ3) is 8.24. The third-order valence-corrected chi connectivity index (χ3v) is 3.54. The molecule has 0 heterocycles. The van der Waals surface area contributed by atoms with Gasteiger partial charge in [-0.1, -0.05) is 50.0 Å². The molecule has 0 bridgehead atoms. The van der Waals surface area contributed by atoms with Crippen LogP contribution in [0, 0.1) is 6.92 Å². The van der Waals surface area contributed by atoms with Crippen molar-refractivity contribution in [3.63, 3.8) is 0 Å². The Kier molecular flexibility index (Phi) is 9.09. The molecule has 1 aliphatic carbocycles. The zero-order chi connectivity index (χ0) is 12.2. The molecule has 1 radical (unpaired) electrons. The van der Waals surface area contributed by atoms with Crippen LogP contribution in [0.3, 0.4) is 0 Å². The highest BCUT2D eigenvalue weighted by atomic mass is 14.1. The first-order chi connectivity index (χ1) is 8.43. The van der Waals surface area contributed by atoms with Crippen LogP contribution in [-0.4, -0.2) is 0 Å². The van der Waals surface area contributed by atoms with E-state index in [1.165, 1.54) is 70.6 Å². The maximum atomic E-state index is 3.85. The third-order valence-electron chi connectivity index (χ3n) is 3.54. The fourth-order valence-corrected chi connectivity index (χ4v) is 2.43. The van der Waals surface area contributed by atoms with Crippen LogP contribution in [0.5, 0.6) is 0 Å². The van der Waals surface area contributed by atoms with E-state index < -0.39 is 0 Å². The van der Waals surface area contributed by atoms with Gasteiger partial charge >= 0.3 is 0 Å². The van der Waals surface area contributed by atoms with Gasteiger partial charge in [0.15, 0.2) is 0 Å². The number of rotatable bonds is 10. The number of hydrogen-bond acceptors (Lipinski definition) is 0. The minimum atomic E-state index is 1.07. The second-order valence-electron chi connectivity index (χ2n) is 5.17. The standard InChI is InChI=1S/C17H29/c1-2-3-4-5-6-7-8-9-10-11-14-17-15-12-13-16-17/h5-6,15H,1-4,7-14,16H2. The van der Waals surface area contributed by atoms with Gasteiger partial charge in [-0.3, -0.25) is 0 Å². The summed E-state index contributed by atoms with van der Waals surface area (Å²) >= 11 is 0. The molecule has 1 aliphatic rings. The molecule has 1 rings (SSSR count). The molecule has 0 amide bonds. The maximum absolute atomic E-state index is 3.85. The van der Waals surface area contributed by atoms with Crippen LogP contribution in [0.4, 0.5) is 0 Å². The molecule has 0 heteroatoms. The predicted molar refractivity (Wildman–Crippen MR) is 78.0 cm³/mol. The van der Waals surface area contributed by atoms with E-state index in [4.69, 9.17) is 0 Å². The average Bonchev–Trinajstić information content (AvgIpc) is 2.85. The van der Waals surface area contributed by atoms with Crippen LogP contribution in [0.15, 0.2) is 23.8 Å². The molecule has 0 N–H and O–H groups in total. The van der Waals surface area contributed by atoms with Gasteiger partial charge in [0.2, 0.25) is 0 Å². The Labute approximate surface area is 108 Å². The summed E-state index contributed by atoms with van der Waals surface area (Å²) in [6.07, 6.45) is 23.1. The number of hydrogen-bond donors (Lipinski definition) is 0. The van der Waals surface area contributed by atoms with Crippen LogP contribution in [0.2, 0.25) is 0 Å². The van der Waals surface area contributed by atoms with Gasteiger partial charge in [-0.15, -0.1) is 0 Å². The lowest BCUT2D eigenvalue weighted by atomic mass is 10.1. The van der Waals surface area contributed by atoms with E-state index >= 15 is 0 Å². The molecule has 17 heavy (non-hydrogen) atoms. The van der Waals surface area contributed by atoms with Gasteiger partial charge in [-0.2, -0.15) is 0 Å². The Morgan fingerprint density at radius 3 is 2.47 bits per heavy atom. The molecule has 0 fully saturated rings. The van der Waals surface area contributed by atoms with Gasteiger partial charge in [-0.05, 0) is 57.8 Å². The van der Waals surface area contributed by atoms with Gasteiger partial charge in [0.25, 0.3) is 0 Å². The van der Waals surface area contributed by atoms with Crippen molar-refractivity contribution >= 4 is 0 Å². The van der Waals surface area contributed by atoms with Gasteiger partial charge in [0.05, 0.1) is 0 Å². The number of allylic oxidation sites excluding steroid dienone is 4. The van der Waals surface area contributed by atoms with Gasteiger partial charge in [0.1, 0.15) is 0 Å². The second-order valence-corrected chi connectivity index (χ2v) is 5.17. The smallest absolute Gasteiger partial charge is 0.0317 e. The highest BCUT2D eigenvalue weighted by Gasteiger charge is 2.03. The fourth-order valence-electron chi connectivity index (χ4n) is 2.43. The van der Waals surface area contributed by atoms with Gasteiger partial charge in [-0.25, -0.2) is 0 Å². The summed E-state index contributed by atoms with van der Waals surface area (Å²) in [6.45, 7) is 3.85. The first-order valence-corrected chi connectivity index (χ1v) is 7.55. The Hall–Kier alpha value is -0.520. The molecule has 0 unspecified atom stereocenters. The molecule has 0 saturated carbocycles. The highest BCUT2D eigenvalue weighted by Crippen LogP contribution is 2.22. The minimum absolute atomic E-state index is 1.07. The summed E-state index contributed by atoms with van der Waals surface area (Å²) in [5.74, 6) is 0. The lowest BCUT2D eigenvalue weighted by Crippen LogP contribution is -1.81. The summed E-state index contributed by atoms with van der Waals surface area (Å²) in [6, 6.07) is 0. The number of unbranched alkanes of at least 4 members (excludes halogenated alkanes) is 6. The zero-order valence-corrected chi connectivity index (χ0v) is 11.4. The SMILES string of the molecule is [CH2]CCCC=CCCCCCCC1=CCCC1. The van der Waals surface area contributed by atoms with Crippen LogP contribution in [-0.2, 0) is 0 Å². The minimum Gasteiger partial charge on any atom is -0.0885 e. The van der Waals surface area contributed by atoms with E-state index in [2.05, 4.69) is 25.2 Å². The first-order valence-electron chi connectivity index (χ1n) is 7.55. The molecule has 97 valence electrons. The summed E-state index contributed by atoms with van der Waals surface area (Å²) in [5.41, 5.74) is 1.73. The van der Waals surface area contributed by atoms with Crippen LogP contribution >= 0.6 is 0 Å². The summed E-state index contributed by atoms with van der Waals surface area (Å²) in [5, 5.41) is 0. The lowest BCUT2D eigenvalue weighted by Gasteiger charge is -2.01. The summed E-state index contributed by atoms with van der Waals surface area (Å²) in [7, 11) is 0. The molecule has 0 spiro atoms. The molecule has 0 nitrogen and oxygen atoms in total. The molecule has 0 aromatic carbocycles. The molecular weight excluding hydrogens is 204 g/mol. The quantitative estimate of drug-likeness (QED) is 0.321. The van der Waals surface area contributed by atoms with Crippen molar-refractivity contribution < 1.29 is 0 Å². The molecule has 0 saturated heterocycles. The Balaban J connectivity index is 1.79. The van der Waals surface area contributed by atoms with Crippen molar-refractivity contribution in [3.8, 4) is 0 Å². The molecule has 0 aromatic rings. The zero-order valence-electron chi connectivity index (χ0n) is 11.4. The van der Waals surface area contributed by atoms with Crippen LogP contribution in [0.1, 0.15) is 77.0 Å². The van der Waals surface area contributed by atoms with E-state index in [-0.39, 0.29) is 0 Å². The van der Waals surface area contributed by atoms with E-state index in [0.717, 1.165) is 6.42 Å². The average molecular weight is 233 g/mol. The van der Waals surface area contributed by atoms with E-state index in [1.807, 2.05) is 0 Å². The topological polar surface area (TPSA) is 0 Å². The van der Waals surface area contributed by atoms with E-state index in [9.17, 15) is 0 Å². The van der Waals surface area contributed by atoms with Crippen molar-refractivity contribution in [2.45, 2.75) is 77.0 Å². The van der Waals surface area contributed by atoms with Gasteiger partial charge < -0.3 is 0 Å². The summed E-state index contributed by atoms with van der Waals surface area (Å²) < 4.78 is 0. The fraction of sp³-hybridized carbons (Fsp3) is 0.706. The van der Waals surface area contributed by atoms with Crippen molar-refractivity contribution in [2.75, 3.05) is 0 Å². The molecular formula is C17H29. The normalized spacial score (nSPS) is 15.7.